The monoisotopic (exact) mass is 510 g/mol. The fourth-order valence-electron chi connectivity index (χ4n) is 5.02. The second kappa shape index (κ2) is 9.46. The van der Waals surface area contributed by atoms with E-state index in [0.717, 1.165) is 41.2 Å². The molecule has 0 bridgehead atoms. The summed E-state index contributed by atoms with van der Waals surface area (Å²) < 4.78 is 54.9. The molecule has 0 saturated heterocycles. The Kier molecular flexibility index (Phi) is 6.31. The number of imidazole rings is 1. The number of pyridine rings is 2. The van der Waals surface area contributed by atoms with Gasteiger partial charge in [-0.15, -0.1) is 0 Å². The molecular weight excluding hydrogens is 484 g/mol. The zero-order valence-corrected chi connectivity index (χ0v) is 20.1. The molecule has 192 valence electrons. The molecule has 0 aromatic carbocycles. The lowest BCUT2D eigenvalue weighted by molar-refractivity contribution is -0.137. The van der Waals surface area contributed by atoms with Gasteiger partial charge in [0, 0.05) is 55.9 Å². The molecule has 0 saturated carbocycles. The van der Waals surface area contributed by atoms with Gasteiger partial charge in [-0.3, -0.25) is 14.2 Å². The molecule has 5 rings (SSSR count). The van der Waals surface area contributed by atoms with Crippen LogP contribution < -0.4 is 0 Å². The zero-order chi connectivity index (χ0) is 26.3. The average molecular weight is 511 g/mol. The Labute approximate surface area is 212 Å². The maximum atomic E-state index is 13.6. The molecule has 0 spiro atoms. The number of Topliss-reactive ketones (excluding diaryl/α,β-unsaturated/α-hetero) is 1. The van der Waals surface area contributed by atoms with E-state index in [1.54, 1.807) is 12.4 Å². The molecule has 2 aliphatic rings. The topological polar surface area (TPSA) is 50.5 Å². The summed E-state index contributed by atoms with van der Waals surface area (Å²) in [4.78, 5) is 23.6. The number of aromatic nitrogens is 3. The third-order valence-corrected chi connectivity index (χ3v) is 6.84. The summed E-state index contributed by atoms with van der Waals surface area (Å²) in [6.07, 6.45) is 6.67. The number of alkyl halides is 3. The maximum Gasteiger partial charge on any atom is 0.417 e. The lowest BCUT2D eigenvalue weighted by atomic mass is 9.82. The van der Waals surface area contributed by atoms with Gasteiger partial charge in [-0.1, -0.05) is 18.7 Å². The summed E-state index contributed by atoms with van der Waals surface area (Å²) in [7, 11) is 0. The molecule has 3 aromatic heterocycles. The van der Waals surface area contributed by atoms with Crippen LogP contribution in [0.3, 0.4) is 0 Å². The highest BCUT2D eigenvalue weighted by Crippen LogP contribution is 2.37. The number of carbonyl (C=O) groups is 1. The molecule has 5 nitrogen and oxygen atoms in total. The zero-order valence-electron chi connectivity index (χ0n) is 20.1. The van der Waals surface area contributed by atoms with Crippen LogP contribution in [0.1, 0.15) is 44.4 Å². The van der Waals surface area contributed by atoms with Gasteiger partial charge in [-0.05, 0) is 49.5 Å². The number of allylic oxidation sites excluding steroid dienone is 4. The second-order valence-electron chi connectivity index (χ2n) is 9.07. The average Bonchev–Trinajstić information content (AvgIpc) is 3.30. The van der Waals surface area contributed by atoms with E-state index in [0.29, 0.717) is 37.2 Å². The normalized spacial score (nSPS) is 16.6. The van der Waals surface area contributed by atoms with Gasteiger partial charge in [0.2, 0.25) is 0 Å². The van der Waals surface area contributed by atoms with Crippen LogP contribution in [0.25, 0.3) is 16.9 Å². The number of ketones is 1. The number of nitrogens with zero attached hydrogens (tertiary/aromatic N) is 4. The minimum atomic E-state index is -4.56. The lowest BCUT2D eigenvalue weighted by Gasteiger charge is -2.36. The van der Waals surface area contributed by atoms with Gasteiger partial charge in [0.1, 0.15) is 11.5 Å². The van der Waals surface area contributed by atoms with Crippen LogP contribution in [0.4, 0.5) is 17.6 Å². The van der Waals surface area contributed by atoms with Crippen molar-refractivity contribution in [1.29, 1.82) is 0 Å². The Morgan fingerprint density at radius 1 is 1.19 bits per heavy atom. The molecular formula is C28H26F4N4O. The predicted molar refractivity (Wildman–Crippen MR) is 135 cm³/mol. The summed E-state index contributed by atoms with van der Waals surface area (Å²) in [6, 6.07) is 3.68. The van der Waals surface area contributed by atoms with E-state index in [-0.39, 0.29) is 24.2 Å². The van der Waals surface area contributed by atoms with E-state index in [1.165, 1.54) is 18.3 Å². The van der Waals surface area contributed by atoms with E-state index in [1.807, 2.05) is 23.5 Å². The first kappa shape index (κ1) is 24.7. The molecule has 3 aromatic rings. The largest absolute Gasteiger partial charge is 0.417 e. The Bertz CT molecular complexity index is 1520. The number of fused-ring (bicyclic) bond motifs is 1. The minimum absolute atomic E-state index is 0. The van der Waals surface area contributed by atoms with Crippen molar-refractivity contribution in [1.82, 2.24) is 19.3 Å². The molecule has 0 fully saturated rings. The van der Waals surface area contributed by atoms with Gasteiger partial charge < -0.3 is 4.90 Å². The SMILES string of the molecule is C=C(C(=O)C1=CCCC2=C1CCN(/C(=C\C)c1cnc3cc(F)ccn13)C2)c1cncc(C(F)(F)F)c1.[HH]. The first-order chi connectivity index (χ1) is 17.7. The molecule has 0 unspecified atom stereocenters. The van der Waals surface area contributed by atoms with Crippen molar-refractivity contribution in [2.45, 2.75) is 32.4 Å². The molecule has 0 N–H and O–H groups in total. The van der Waals surface area contributed by atoms with Crippen molar-refractivity contribution in [2.24, 2.45) is 0 Å². The van der Waals surface area contributed by atoms with Crippen molar-refractivity contribution in [3.05, 3.63) is 101 Å². The van der Waals surface area contributed by atoms with Crippen LogP contribution in [0, 0.1) is 5.82 Å². The van der Waals surface area contributed by atoms with Crippen LogP contribution in [0.5, 0.6) is 0 Å². The summed E-state index contributed by atoms with van der Waals surface area (Å²) in [6.45, 7) is 6.98. The van der Waals surface area contributed by atoms with Gasteiger partial charge in [-0.25, -0.2) is 9.37 Å². The molecule has 37 heavy (non-hydrogen) atoms. The Morgan fingerprint density at radius 3 is 2.76 bits per heavy atom. The summed E-state index contributed by atoms with van der Waals surface area (Å²) in [5, 5.41) is 0. The van der Waals surface area contributed by atoms with Crippen molar-refractivity contribution in [2.75, 3.05) is 13.1 Å². The standard InChI is InChI=1S/C28H24F4N4O.H2/c1-3-24(25-15-34-26-12-21(29)7-10-36(25)26)35-9-8-22-18(16-35)5-4-6-23(22)27(37)17(2)19-11-20(14-33-13-19)28(30,31)32;/h3,6-7,10-15H,2,4-5,8-9,16H2,1H3;1H/b24-3-;. The van der Waals surface area contributed by atoms with Gasteiger partial charge in [-0.2, -0.15) is 13.2 Å². The van der Waals surface area contributed by atoms with Crippen molar-refractivity contribution >= 4 is 22.7 Å². The molecule has 9 heteroatoms. The van der Waals surface area contributed by atoms with Gasteiger partial charge in [0.25, 0.3) is 0 Å². The fourth-order valence-corrected chi connectivity index (χ4v) is 5.02. The number of halogens is 4. The van der Waals surface area contributed by atoms with Crippen LogP contribution in [0.15, 0.2) is 78.4 Å². The summed E-state index contributed by atoms with van der Waals surface area (Å²) in [5.41, 5.74) is 4.01. The molecule has 1 aliphatic carbocycles. The highest BCUT2D eigenvalue weighted by molar-refractivity contribution is 6.29. The Hall–Kier alpha value is -4.01. The third kappa shape index (κ3) is 4.61. The van der Waals surface area contributed by atoms with Crippen molar-refractivity contribution < 1.29 is 23.8 Å². The Morgan fingerprint density at radius 2 is 2.00 bits per heavy atom. The fraction of sp³-hybridized carbons (Fsp3) is 0.250. The van der Waals surface area contributed by atoms with Crippen molar-refractivity contribution in [3.63, 3.8) is 0 Å². The number of rotatable bonds is 5. The minimum Gasteiger partial charge on any atom is -0.366 e. The highest BCUT2D eigenvalue weighted by Gasteiger charge is 2.33. The first-order valence-corrected chi connectivity index (χ1v) is 11.9. The van der Waals surface area contributed by atoms with Crippen LogP contribution in [-0.4, -0.2) is 38.1 Å². The Balaban J connectivity index is 0.00000336. The van der Waals surface area contributed by atoms with Gasteiger partial charge in [0.05, 0.1) is 23.2 Å². The smallest absolute Gasteiger partial charge is 0.366 e. The van der Waals surface area contributed by atoms with Gasteiger partial charge >= 0.3 is 6.18 Å². The van der Waals surface area contributed by atoms with Crippen molar-refractivity contribution in [3.8, 4) is 0 Å². The maximum absolute atomic E-state index is 13.6. The summed E-state index contributed by atoms with van der Waals surface area (Å²) >= 11 is 0. The predicted octanol–water partition coefficient (Wildman–Crippen LogP) is 6.50. The number of hydrogen-bond acceptors (Lipinski definition) is 4. The number of carbonyl (C=O) groups excluding carboxylic acids is 1. The van der Waals surface area contributed by atoms with Crippen LogP contribution in [-0.2, 0) is 11.0 Å². The van der Waals surface area contributed by atoms with Crippen LogP contribution >= 0.6 is 0 Å². The van der Waals surface area contributed by atoms with E-state index in [4.69, 9.17) is 0 Å². The number of hydrogen-bond donors (Lipinski definition) is 0. The van der Waals surface area contributed by atoms with E-state index >= 15 is 0 Å². The lowest BCUT2D eigenvalue weighted by Crippen LogP contribution is -2.33. The molecule has 1 aliphatic heterocycles. The van der Waals surface area contributed by atoms with E-state index < -0.39 is 11.7 Å². The molecule has 4 heterocycles. The first-order valence-electron chi connectivity index (χ1n) is 11.9. The molecule has 0 amide bonds. The second-order valence-corrected chi connectivity index (χ2v) is 9.07. The molecule has 0 atom stereocenters. The molecule has 0 radical (unpaired) electrons. The van der Waals surface area contributed by atoms with E-state index in [9.17, 15) is 22.4 Å². The quantitative estimate of drug-likeness (QED) is 0.291. The highest BCUT2D eigenvalue weighted by atomic mass is 19.4. The van der Waals surface area contributed by atoms with Crippen LogP contribution in [0.2, 0.25) is 0 Å². The summed E-state index contributed by atoms with van der Waals surface area (Å²) in [5.74, 6) is -0.731. The third-order valence-electron chi connectivity index (χ3n) is 6.84. The van der Waals surface area contributed by atoms with E-state index in [2.05, 4.69) is 21.4 Å². The van der Waals surface area contributed by atoms with Gasteiger partial charge in [0.15, 0.2) is 5.78 Å².